The number of benzene rings is 8. The van der Waals surface area contributed by atoms with Crippen LogP contribution in [0.4, 0.5) is 0 Å². The van der Waals surface area contributed by atoms with E-state index in [4.69, 9.17) is 4.42 Å². The fraction of sp³-hybridized carbons (Fsp3) is 0. The third kappa shape index (κ3) is 4.17. The molecule has 1 nitrogen and oxygen atoms in total. The number of furan rings is 1. The van der Waals surface area contributed by atoms with Crippen LogP contribution < -0.4 is 0 Å². The highest BCUT2D eigenvalue weighted by atomic mass is 16.3. The van der Waals surface area contributed by atoms with Crippen LogP contribution in [0, 0.1) is 0 Å². The van der Waals surface area contributed by atoms with E-state index in [0.717, 1.165) is 21.9 Å². The monoisotopic (exact) mass is 572 g/mol. The minimum absolute atomic E-state index is 0.909. The van der Waals surface area contributed by atoms with Crippen LogP contribution in [0.5, 0.6) is 0 Å². The fourth-order valence-electron chi connectivity index (χ4n) is 7.06. The highest BCUT2D eigenvalue weighted by Crippen LogP contribution is 2.48. The predicted molar refractivity (Wildman–Crippen MR) is 190 cm³/mol. The molecule has 0 bridgehead atoms. The Balaban J connectivity index is 1.43. The summed E-state index contributed by atoms with van der Waals surface area (Å²) in [5.41, 5.74) is 11.6. The summed E-state index contributed by atoms with van der Waals surface area (Å²) < 4.78 is 6.36. The molecule has 0 N–H and O–H groups in total. The number of rotatable bonds is 4. The van der Waals surface area contributed by atoms with Crippen molar-refractivity contribution in [2.75, 3.05) is 0 Å². The minimum atomic E-state index is 0.909. The van der Waals surface area contributed by atoms with Crippen molar-refractivity contribution in [3.8, 4) is 44.5 Å². The average molecular weight is 573 g/mol. The molecule has 0 fully saturated rings. The standard InChI is InChI=1S/C44H28O/c1-3-13-29(14-4-1)31-17-11-18-33(27-31)42-34-19-7-8-20-35(34)43(36-26-25-32(28-39(36)42)30-15-5-2-6-16-30)38-22-12-24-41-44(38)37-21-9-10-23-40(37)45-41/h1-28H. The van der Waals surface area contributed by atoms with Gasteiger partial charge in [0, 0.05) is 10.8 Å². The van der Waals surface area contributed by atoms with E-state index in [1.54, 1.807) is 0 Å². The predicted octanol–water partition coefficient (Wildman–Crippen LogP) is 12.6. The van der Waals surface area contributed by atoms with Gasteiger partial charge in [-0.05, 0) is 90.3 Å². The van der Waals surface area contributed by atoms with Crippen LogP contribution in [0.1, 0.15) is 0 Å². The molecule has 0 amide bonds. The summed E-state index contributed by atoms with van der Waals surface area (Å²) in [6, 6.07) is 61.0. The Labute approximate surface area is 261 Å². The Morgan fingerprint density at radius 1 is 0.289 bits per heavy atom. The number of fused-ring (bicyclic) bond motifs is 5. The van der Waals surface area contributed by atoms with Crippen molar-refractivity contribution in [2.24, 2.45) is 0 Å². The Morgan fingerprint density at radius 2 is 0.822 bits per heavy atom. The maximum absolute atomic E-state index is 6.36. The SMILES string of the molecule is c1ccc(-c2cccc(-c3c4ccccc4c(-c4cccc5oc6ccccc6c45)c4ccc(-c5ccccc5)cc34)c2)cc1. The summed E-state index contributed by atoms with van der Waals surface area (Å²) in [7, 11) is 0. The first kappa shape index (κ1) is 25.6. The van der Waals surface area contributed by atoms with Gasteiger partial charge in [-0.3, -0.25) is 0 Å². The molecule has 0 aliphatic carbocycles. The Kier molecular flexibility index (Phi) is 5.89. The van der Waals surface area contributed by atoms with Gasteiger partial charge in [-0.15, -0.1) is 0 Å². The van der Waals surface area contributed by atoms with Gasteiger partial charge in [0.2, 0.25) is 0 Å². The van der Waals surface area contributed by atoms with E-state index in [1.165, 1.54) is 66.1 Å². The molecule has 0 aliphatic rings. The number of hydrogen-bond donors (Lipinski definition) is 0. The van der Waals surface area contributed by atoms with Crippen LogP contribution in [0.15, 0.2) is 174 Å². The van der Waals surface area contributed by atoms with Crippen LogP contribution in [-0.4, -0.2) is 0 Å². The molecule has 1 aromatic heterocycles. The summed E-state index contributed by atoms with van der Waals surface area (Å²) in [5.74, 6) is 0. The van der Waals surface area contributed by atoms with Gasteiger partial charge in [-0.25, -0.2) is 0 Å². The first-order valence-electron chi connectivity index (χ1n) is 15.4. The van der Waals surface area contributed by atoms with Crippen molar-refractivity contribution in [1.29, 1.82) is 0 Å². The molecule has 0 unspecified atom stereocenters. The van der Waals surface area contributed by atoms with E-state index in [-0.39, 0.29) is 0 Å². The summed E-state index contributed by atoms with van der Waals surface area (Å²) in [6.45, 7) is 0. The lowest BCUT2D eigenvalue weighted by Crippen LogP contribution is -1.92. The van der Waals surface area contributed by atoms with E-state index in [1.807, 2.05) is 6.07 Å². The molecular weight excluding hydrogens is 544 g/mol. The van der Waals surface area contributed by atoms with E-state index < -0.39 is 0 Å². The Hall–Kier alpha value is -5.92. The van der Waals surface area contributed by atoms with Crippen LogP contribution >= 0.6 is 0 Å². The fourth-order valence-corrected chi connectivity index (χ4v) is 7.06. The zero-order valence-electron chi connectivity index (χ0n) is 24.6. The second-order valence-corrected chi connectivity index (χ2v) is 11.6. The van der Waals surface area contributed by atoms with Crippen LogP contribution in [0.2, 0.25) is 0 Å². The van der Waals surface area contributed by atoms with Crippen LogP contribution in [-0.2, 0) is 0 Å². The van der Waals surface area contributed by atoms with Gasteiger partial charge in [-0.1, -0.05) is 146 Å². The van der Waals surface area contributed by atoms with Crippen molar-refractivity contribution in [2.45, 2.75) is 0 Å². The molecule has 0 saturated carbocycles. The summed E-state index contributed by atoms with van der Waals surface area (Å²) in [4.78, 5) is 0. The molecule has 1 heterocycles. The summed E-state index contributed by atoms with van der Waals surface area (Å²) in [6.07, 6.45) is 0. The second-order valence-electron chi connectivity index (χ2n) is 11.6. The van der Waals surface area contributed by atoms with Crippen LogP contribution in [0.25, 0.3) is 88.0 Å². The highest BCUT2D eigenvalue weighted by Gasteiger charge is 2.21. The van der Waals surface area contributed by atoms with E-state index in [9.17, 15) is 0 Å². The molecule has 0 saturated heterocycles. The molecule has 0 spiro atoms. The van der Waals surface area contributed by atoms with E-state index in [2.05, 4.69) is 164 Å². The van der Waals surface area contributed by atoms with Crippen molar-refractivity contribution >= 4 is 43.5 Å². The molecule has 0 radical (unpaired) electrons. The molecule has 8 aromatic carbocycles. The lowest BCUT2D eigenvalue weighted by Gasteiger charge is -2.19. The van der Waals surface area contributed by atoms with Crippen molar-refractivity contribution in [3.05, 3.63) is 170 Å². The quantitative estimate of drug-likeness (QED) is 0.191. The van der Waals surface area contributed by atoms with Crippen molar-refractivity contribution < 1.29 is 4.42 Å². The summed E-state index contributed by atoms with van der Waals surface area (Å²) in [5, 5.41) is 7.23. The lowest BCUT2D eigenvalue weighted by atomic mass is 9.83. The third-order valence-corrected chi connectivity index (χ3v) is 9.06. The largest absolute Gasteiger partial charge is 0.456 e. The first-order valence-corrected chi connectivity index (χ1v) is 15.4. The van der Waals surface area contributed by atoms with Gasteiger partial charge in [0.05, 0.1) is 0 Å². The van der Waals surface area contributed by atoms with Crippen molar-refractivity contribution in [1.82, 2.24) is 0 Å². The molecule has 210 valence electrons. The Morgan fingerprint density at radius 3 is 1.58 bits per heavy atom. The van der Waals surface area contributed by atoms with Crippen LogP contribution in [0.3, 0.4) is 0 Å². The van der Waals surface area contributed by atoms with E-state index in [0.29, 0.717) is 0 Å². The van der Waals surface area contributed by atoms with Gasteiger partial charge >= 0.3 is 0 Å². The minimum Gasteiger partial charge on any atom is -0.456 e. The zero-order valence-corrected chi connectivity index (χ0v) is 24.6. The third-order valence-electron chi connectivity index (χ3n) is 9.06. The molecule has 45 heavy (non-hydrogen) atoms. The highest BCUT2D eigenvalue weighted by molar-refractivity contribution is 6.26. The van der Waals surface area contributed by atoms with Gasteiger partial charge < -0.3 is 4.42 Å². The van der Waals surface area contributed by atoms with Crippen molar-refractivity contribution in [3.63, 3.8) is 0 Å². The van der Waals surface area contributed by atoms with Gasteiger partial charge in [0.1, 0.15) is 11.2 Å². The normalized spacial score (nSPS) is 11.6. The van der Waals surface area contributed by atoms with Gasteiger partial charge in [0.15, 0.2) is 0 Å². The number of hydrogen-bond acceptors (Lipinski definition) is 1. The smallest absolute Gasteiger partial charge is 0.136 e. The summed E-state index contributed by atoms with van der Waals surface area (Å²) >= 11 is 0. The number of para-hydroxylation sites is 1. The molecular formula is C44H28O. The zero-order chi connectivity index (χ0) is 29.7. The molecule has 9 aromatic rings. The topological polar surface area (TPSA) is 13.1 Å². The second kappa shape index (κ2) is 10.4. The lowest BCUT2D eigenvalue weighted by molar-refractivity contribution is 0.669. The first-order chi connectivity index (χ1) is 22.3. The van der Waals surface area contributed by atoms with Gasteiger partial charge in [-0.2, -0.15) is 0 Å². The van der Waals surface area contributed by atoms with Gasteiger partial charge in [0.25, 0.3) is 0 Å². The molecule has 0 aliphatic heterocycles. The molecule has 0 atom stereocenters. The average Bonchev–Trinajstić information content (AvgIpc) is 3.50. The maximum Gasteiger partial charge on any atom is 0.136 e. The molecule has 1 heteroatoms. The maximum atomic E-state index is 6.36. The Bertz CT molecular complexity index is 2520. The molecule has 9 rings (SSSR count). The van der Waals surface area contributed by atoms with E-state index >= 15 is 0 Å².